The van der Waals surface area contributed by atoms with E-state index in [1.807, 2.05) is 0 Å². The Balaban J connectivity index is 2.06. The number of hydrogen-bond acceptors (Lipinski definition) is 8. The van der Waals surface area contributed by atoms with Crippen molar-refractivity contribution in [3.05, 3.63) is 62.3 Å². The number of hydrogen-bond donors (Lipinski definition) is 2. The largest absolute Gasteiger partial charge is 0.427 e. The summed E-state index contributed by atoms with van der Waals surface area (Å²) < 4.78 is 30.3. The van der Waals surface area contributed by atoms with Gasteiger partial charge in [-0.05, 0) is 37.2 Å². The average Bonchev–Trinajstić information content (AvgIpc) is 2.67. The van der Waals surface area contributed by atoms with Crippen LogP contribution in [0.1, 0.15) is 16.7 Å². The molecule has 7 nitrogen and oxygen atoms in total. The Morgan fingerprint density at radius 3 is 2.93 bits per heavy atom. The van der Waals surface area contributed by atoms with Gasteiger partial charge in [0, 0.05) is 41.8 Å². The van der Waals surface area contributed by atoms with E-state index in [2.05, 4.69) is 14.4 Å². The smallest absolute Gasteiger partial charge is 0.340 e. The third-order valence-electron chi connectivity index (χ3n) is 4.10. The average molecular weight is 424 g/mol. The number of carbonyl (C=O) groups is 1. The summed E-state index contributed by atoms with van der Waals surface area (Å²) >= 11 is 7.18. The lowest BCUT2D eigenvalue weighted by Crippen LogP contribution is -2.12. The zero-order chi connectivity index (χ0) is 20.3. The van der Waals surface area contributed by atoms with E-state index >= 15 is 0 Å². The molecule has 146 valence electrons. The second-order valence-electron chi connectivity index (χ2n) is 5.70. The molecule has 3 aromatic rings. The fourth-order valence-corrected chi connectivity index (χ4v) is 3.27. The number of halogens is 2. The summed E-state index contributed by atoms with van der Waals surface area (Å²) in [6.07, 6.45) is 1.47. The molecule has 3 rings (SSSR count). The van der Waals surface area contributed by atoms with E-state index in [-0.39, 0.29) is 40.6 Å². The van der Waals surface area contributed by atoms with E-state index < -0.39 is 11.4 Å². The van der Waals surface area contributed by atoms with Gasteiger partial charge in [0.25, 0.3) is 6.47 Å². The number of anilines is 1. The molecule has 0 aliphatic carbocycles. The van der Waals surface area contributed by atoms with Crippen molar-refractivity contribution >= 4 is 47.0 Å². The third kappa shape index (κ3) is 3.96. The molecule has 2 aromatic heterocycles. The van der Waals surface area contributed by atoms with E-state index in [0.29, 0.717) is 16.5 Å². The Hall–Kier alpha value is -2.62. The highest BCUT2D eigenvalue weighted by molar-refractivity contribution is 7.98. The molecule has 0 fully saturated rings. The number of nitrogens with one attached hydrogen (secondary N) is 2. The first-order valence-electron chi connectivity index (χ1n) is 8.04. The zero-order valence-corrected chi connectivity index (χ0v) is 16.4. The number of benzene rings is 1. The normalized spacial score (nSPS) is 10.9. The summed E-state index contributed by atoms with van der Waals surface area (Å²) in [5.41, 5.74) is 0.789. The molecule has 1 aromatic carbocycles. The van der Waals surface area contributed by atoms with Gasteiger partial charge in [0.15, 0.2) is 17.4 Å². The second kappa shape index (κ2) is 8.59. The Morgan fingerprint density at radius 2 is 2.21 bits per heavy atom. The molecule has 2 N–H and O–H groups in total. The monoisotopic (exact) mass is 423 g/mol. The fraction of sp³-hybridized carbons (Fsp3) is 0.167. The first kappa shape index (κ1) is 20.1. The maximum Gasteiger partial charge on any atom is 0.340 e. The third-order valence-corrected chi connectivity index (χ3v) is 4.90. The maximum absolute atomic E-state index is 14.7. The van der Waals surface area contributed by atoms with Gasteiger partial charge in [0.2, 0.25) is 0 Å². The van der Waals surface area contributed by atoms with Crippen LogP contribution >= 0.6 is 23.7 Å². The van der Waals surface area contributed by atoms with E-state index in [4.69, 9.17) is 20.8 Å². The predicted octanol–water partition coefficient (Wildman–Crippen LogP) is 3.61. The van der Waals surface area contributed by atoms with Gasteiger partial charge in [-0.2, -0.15) is 0 Å². The van der Waals surface area contributed by atoms with Crippen LogP contribution in [0.2, 0.25) is 5.02 Å². The van der Waals surface area contributed by atoms with Crippen LogP contribution in [0, 0.1) is 12.7 Å². The van der Waals surface area contributed by atoms with Crippen LogP contribution in [0.15, 0.2) is 33.6 Å². The second-order valence-corrected chi connectivity index (χ2v) is 6.93. The summed E-state index contributed by atoms with van der Waals surface area (Å²) in [5, 5.41) is 0.754. The number of aromatic nitrogens is 1. The standard InChI is InChI=1S/C18H15ClFN3O4S/c1-9-11-6-13(19)15(26-8-24)7-14(11)27-18(25)12(9)5-10-3-4-22-17(16(10)20)23-28-21-2/h3-4,6-8,21H,5H2,1-2H3,(H,22,23). The Bertz CT molecular complexity index is 1110. The van der Waals surface area contributed by atoms with Crippen molar-refractivity contribution in [1.29, 1.82) is 0 Å². The fourth-order valence-electron chi connectivity index (χ4n) is 2.72. The van der Waals surface area contributed by atoms with Gasteiger partial charge < -0.3 is 9.15 Å². The summed E-state index contributed by atoms with van der Waals surface area (Å²) in [6, 6.07) is 4.41. The molecule has 28 heavy (non-hydrogen) atoms. The van der Waals surface area contributed by atoms with Crippen LogP contribution in [0.3, 0.4) is 0 Å². The number of carbonyl (C=O) groups excluding carboxylic acids is 1. The summed E-state index contributed by atoms with van der Waals surface area (Å²) in [7, 11) is 1.68. The Labute approximate surface area is 168 Å². The molecule has 0 unspecified atom stereocenters. The van der Waals surface area contributed by atoms with Gasteiger partial charge in [-0.15, -0.1) is 0 Å². The SMILES string of the molecule is CNSNc1nccc(Cc2c(C)c3cc(Cl)c(OC=O)cc3oc2=O)c1F. The van der Waals surface area contributed by atoms with Crippen LogP contribution in [0.25, 0.3) is 11.0 Å². The number of aryl methyl sites for hydroxylation is 1. The van der Waals surface area contributed by atoms with Crippen molar-refractivity contribution < 1.29 is 18.3 Å². The molecule has 0 saturated carbocycles. The molecule has 0 bridgehead atoms. The molecule has 10 heteroatoms. The van der Waals surface area contributed by atoms with Crippen LogP contribution in [0.5, 0.6) is 5.75 Å². The van der Waals surface area contributed by atoms with Crippen LogP contribution < -0.4 is 19.8 Å². The highest BCUT2D eigenvalue weighted by Crippen LogP contribution is 2.32. The summed E-state index contributed by atoms with van der Waals surface area (Å²) in [5.74, 6) is -0.423. The maximum atomic E-state index is 14.7. The number of rotatable bonds is 7. The summed E-state index contributed by atoms with van der Waals surface area (Å²) in [4.78, 5) is 27.0. The minimum absolute atomic E-state index is 0.0154. The number of ether oxygens (including phenoxy) is 1. The van der Waals surface area contributed by atoms with E-state index in [0.717, 1.165) is 12.1 Å². The van der Waals surface area contributed by atoms with Crippen molar-refractivity contribution in [2.45, 2.75) is 13.3 Å². The highest BCUT2D eigenvalue weighted by Gasteiger charge is 2.18. The van der Waals surface area contributed by atoms with Crippen LogP contribution in [-0.4, -0.2) is 18.5 Å². The van der Waals surface area contributed by atoms with Crippen molar-refractivity contribution in [3.63, 3.8) is 0 Å². The molecule has 0 radical (unpaired) electrons. The van der Waals surface area contributed by atoms with Crippen LogP contribution in [0.4, 0.5) is 10.2 Å². The van der Waals surface area contributed by atoms with Gasteiger partial charge in [-0.25, -0.2) is 18.9 Å². The quantitative estimate of drug-likeness (QED) is 0.338. The zero-order valence-electron chi connectivity index (χ0n) is 14.8. The van der Waals surface area contributed by atoms with Gasteiger partial charge in [0.1, 0.15) is 5.58 Å². The van der Waals surface area contributed by atoms with Gasteiger partial charge in [0.05, 0.1) is 5.02 Å². The van der Waals surface area contributed by atoms with E-state index in [1.54, 1.807) is 14.0 Å². The van der Waals surface area contributed by atoms with E-state index in [9.17, 15) is 14.0 Å². The molecule has 0 saturated heterocycles. The Morgan fingerprint density at radius 1 is 1.43 bits per heavy atom. The molecular formula is C18H15ClFN3O4S. The molecule has 0 spiro atoms. The first-order valence-corrected chi connectivity index (χ1v) is 9.23. The molecule has 0 aliphatic heterocycles. The minimum Gasteiger partial charge on any atom is -0.427 e. The lowest BCUT2D eigenvalue weighted by molar-refractivity contribution is -0.120. The van der Waals surface area contributed by atoms with Gasteiger partial charge >= 0.3 is 5.63 Å². The number of nitrogens with zero attached hydrogens (tertiary/aromatic N) is 1. The van der Waals surface area contributed by atoms with Crippen LogP contribution in [-0.2, 0) is 11.2 Å². The van der Waals surface area contributed by atoms with Crippen molar-refractivity contribution in [2.75, 3.05) is 11.8 Å². The highest BCUT2D eigenvalue weighted by atomic mass is 35.5. The molecule has 0 amide bonds. The molecule has 0 aliphatic rings. The van der Waals surface area contributed by atoms with E-state index in [1.165, 1.54) is 24.4 Å². The van der Waals surface area contributed by atoms with Crippen molar-refractivity contribution in [3.8, 4) is 5.75 Å². The molecule has 0 atom stereocenters. The van der Waals surface area contributed by atoms with Crippen molar-refractivity contribution in [2.24, 2.45) is 0 Å². The van der Waals surface area contributed by atoms with Gasteiger partial charge in [-0.3, -0.25) is 9.52 Å². The number of pyridine rings is 1. The predicted molar refractivity (Wildman–Crippen MR) is 106 cm³/mol. The topological polar surface area (TPSA) is 93.5 Å². The summed E-state index contributed by atoms with van der Waals surface area (Å²) in [6.45, 7) is 1.96. The first-order chi connectivity index (χ1) is 13.5. The number of fused-ring (bicyclic) bond motifs is 1. The molecule has 2 heterocycles. The van der Waals surface area contributed by atoms with Gasteiger partial charge in [-0.1, -0.05) is 11.6 Å². The lowest BCUT2D eigenvalue weighted by Gasteiger charge is -2.11. The molecular weight excluding hydrogens is 409 g/mol. The Kier molecular flexibility index (Phi) is 6.18. The lowest BCUT2D eigenvalue weighted by atomic mass is 10.00. The minimum atomic E-state index is -0.611. The van der Waals surface area contributed by atoms with Crippen molar-refractivity contribution in [1.82, 2.24) is 9.71 Å².